The number of hydrogen-bond acceptors (Lipinski definition) is 5. The van der Waals surface area contributed by atoms with Gasteiger partial charge in [-0.25, -0.2) is 0 Å². The summed E-state index contributed by atoms with van der Waals surface area (Å²) in [6.45, 7) is 0. The molecule has 5 rings (SSSR count). The Labute approximate surface area is 273 Å². The van der Waals surface area contributed by atoms with Crippen LogP contribution < -0.4 is 16.0 Å². The number of anilines is 2. The van der Waals surface area contributed by atoms with Crippen molar-refractivity contribution in [3.8, 4) is 0 Å². The lowest BCUT2D eigenvalue weighted by Gasteiger charge is -2.18. The van der Waals surface area contributed by atoms with E-state index in [1.165, 1.54) is 23.1 Å². The van der Waals surface area contributed by atoms with E-state index in [1.54, 1.807) is 66.7 Å². The highest BCUT2D eigenvalue weighted by Gasteiger charge is 2.23. The van der Waals surface area contributed by atoms with E-state index in [4.69, 9.17) is 23.2 Å². The molecule has 3 N–H and O–H groups in total. The van der Waals surface area contributed by atoms with E-state index in [9.17, 15) is 14.4 Å². The molecule has 0 bridgehead atoms. The SMILES string of the molecule is O=C(Nc1cccc(SC(C(=O)Nc2cc(Cl)cc(Cl)c2)c2ccccc2)c1)/C(=C/c1cccs1)NC(=O)c1ccccc1. The molecule has 1 aromatic heterocycles. The molecule has 3 amide bonds. The second-order valence-corrected chi connectivity index (χ2v) is 12.5. The average molecular weight is 659 g/mol. The van der Waals surface area contributed by atoms with Crippen molar-refractivity contribution in [2.75, 3.05) is 10.6 Å². The summed E-state index contributed by atoms with van der Waals surface area (Å²) in [4.78, 5) is 41.4. The Hall–Kier alpha value is -4.34. The minimum absolute atomic E-state index is 0.0982. The Bertz CT molecular complexity index is 1780. The molecule has 4 aromatic carbocycles. The largest absolute Gasteiger partial charge is 0.325 e. The molecule has 0 aliphatic heterocycles. The van der Waals surface area contributed by atoms with Crippen LogP contribution in [0.1, 0.15) is 26.0 Å². The fourth-order valence-electron chi connectivity index (χ4n) is 4.17. The van der Waals surface area contributed by atoms with Gasteiger partial charge in [0.1, 0.15) is 10.9 Å². The molecule has 0 radical (unpaired) electrons. The molecule has 1 heterocycles. The molecule has 0 aliphatic rings. The minimum atomic E-state index is -0.626. The number of amides is 3. The molecule has 1 unspecified atom stereocenters. The smallest absolute Gasteiger partial charge is 0.272 e. The third kappa shape index (κ3) is 8.61. The first-order valence-corrected chi connectivity index (χ1v) is 15.9. The van der Waals surface area contributed by atoms with Crippen LogP contribution in [0.3, 0.4) is 0 Å². The number of carbonyl (C=O) groups is 3. The topological polar surface area (TPSA) is 87.3 Å². The highest BCUT2D eigenvalue weighted by atomic mass is 35.5. The van der Waals surface area contributed by atoms with Crippen LogP contribution in [0.15, 0.2) is 131 Å². The van der Waals surface area contributed by atoms with Gasteiger partial charge in [0, 0.05) is 36.8 Å². The molecule has 0 saturated heterocycles. The number of thiophene rings is 1. The standard InChI is InChI=1S/C34H25Cl2N3O3S2/c35-24-17-25(36)19-27(18-24)38-34(42)31(22-9-3-1-4-10-22)44-29-14-7-13-26(20-29)37-33(41)30(21-28-15-8-16-43-28)39-32(40)23-11-5-2-6-12-23/h1-21,31H,(H,37,41)(H,38,42)(H,39,40)/b30-21-. The molecule has 44 heavy (non-hydrogen) atoms. The van der Waals surface area contributed by atoms with Crippen LogP contribution in [0, 0.1) is 0 Å². The second-order valence-electron chi connectivity index (χ2n) is 9.43. The van der Waals surface area contributed by atoms with Crippen molar-refractivity contribution in [1.82, 2.24) is 5.32 Å². The molecule has 1 atom stereocenters. The zero-order valence-corrected chi connectivity index (χ0v) is 26.1. The predicted molar refractivity (Wildman–Crippen MR) is 181 cm³/mol. The van der Waals surface area contributed by atoms with Crippen molar-refractivity contribution < 1.29 is 14.4 Å². The average Bonchev–Trinajstić information content (AvgIpc) is 3.53. The lowest BCUT2D eigenvalue weighted by Crippen LogP contribution is -2.30. The number of hydrogen-bond donors (Lipinski definition) is 3. The van der Waals surface area contributed by atoms with E-state index in [0.29, 0.717) is 27.0 Å². The third-order valence-electron chi connectivity index (χ3n) is 6.17. The highest BCUT2D eigenvalue weighted by molar-refractivity contribution is 8.00. The molecule has 0 fully saturated rings. The molecule has 5 aromatic rings. The molecule has 220 valence electrons. The maximum absolute atomic E-state index is 13.5. The predicted octanol–water partition coefficient (Wildman–Crippen LogP) is 8.94. The molecule has 10 heteroatoms. The number of rotatable bonds is 10. The summed E-state index contributed by atoms with van der Waals surface area (Å²) in [5.74, 6) is -1.15. The summed E-state index contributed by atoms with van der Waals surface area (Å²) in [5, 5.41) is 10.6. The van der Waals surface area contributed by atoms with Gasteiger partial charge in [0.2, 0.25) is 5.91 Å². The van der Waals surface area contributed by atoms with Crippen molar-refractivity contribution in [2.24, 2.45) is 0 Å². The first kappa shape index (κ1) is 31.1. The summed E-state index contributed by atoms with van der Waals surface area (Å²) in [7, 11) is 0. The molecular weight excluding hydrogens is 633 g/mol. The van der Waals surface area contributed by atoms with Gasteiger partial charge in [0.05, 0.1) is 0 Å². The van der Waals surface area contributed by atoms with Gasteiger partial charge in [-0.1, -0.05) is 83.9 Å². The Morgan fingerprint density at radius 2 is 1.43 bits per heavy atom. The quantitative estimate of drug-likeness (QED) is 0.103. The normalized spacial score (nSPS) is 11.8. The summed E-state index contributed by atoms with van der Waals surface area (Å²) in [6, 6.07) is 33.8. The van der Waals surface area contributed by atoms with Crippen molar-refractivity contribution in [3.63, 3.8) is 0 Å². The van der Waals surface area contributed by atoms with Crippen LogP contribution in [-0.2, 0) is 9.59 Å². The van der Waals surface area contributed by atoms with Crippen LogP contribution in [0.25, 0.3) is 6.08 Å². The van der Waals surface area contributed by atoms with Crippen molar-refractivity contribution in [1.29, 1.82) is 0 Å². The van der Waals surface area contributed by atoms with E-state index < -0.39 is 17.1 Å². The van der Waals surface area contributed by atoms with Crippen LogP contribution >= 0.6 is 46.3 Å². The lowest BCUT2D eigenvalue weighted by atomic mass is 10.1. The summed E-state index contributed by atoms with van der Waals surface area (Å²) >= 11 is 15.0. The fourth-order valence-corrected chi connectivity index (χ4v) is 6.44. The van der Waals surface area contributed by atoms with E-state index in [-0.39, 0.29) is 11.6 Å². The van der Waals surface area contributed by atoms with Crippen LogP contribution in [0.4, 0.5) is 11.4 Å². The maximum Gasteiger partial charge on any atom is 0.272 e. The Kier molecular flexibility index (Phi) is 10.5. The minimum Gasteiger partial charge on any atom is -0.325 e. The Morgan fingerprint density at radius 3 is 2.11 bits per heavy atom. The van der Waals surface area contributed by atoms with E-state index in [1.807, 2.05) is 60.0 Å². The number of benzene rings is 4. The highest BCUT2D eigenvalue weighted by Crippen LogP contribution is 2.37. The van der Waals surface area contributed by atoms with E-state index in [0.717, 1.165) is 15.3 Å². The lowest BCUT2D eigenvalue weighted by molar-refractivity contribution is -0.116. The van der Waals surface area contributed by atoms with E-state index in [2.05, 4.69) is 16.0 Å². The Morgan fingerprint density at radius 1 is 0.727 bits per heavy atom. The van der Waals surface area contributed by atoms with Gasteiger partial charge in [0.25, 0.3) is 11.8 Å². The van der Waals surface area contributed by atoms with Crippen LogP contribution in [0.5, 0.6) is 0 Å². The van der Waals surface area contributed by atoms with Gasteiger partial charge < -0.3 is 16.0 Å². The number of thioether (sulfide) groups is 1. The van der Waals surface area contributed by atoms with Gasteiger partial charge >= 0.3 is 0 Å². The second kappa shape index (κ2) is 14.9. The molecule has 0 spiro atoms. The van der Waals surface area contributed by atoms with Gasteiger partial charge in [-0.15, -0.1) is 23.1 Å². The maximum atomic E-state index is 13.5. The fraction of sp³-hybridized carbons (Fsp3) is 0.0294. The van der Waals surface area contributed by atoms with Crippen molar-refractivity contribution in [3.05, 3.63) is 152 Å². The Balaban J connectivity index is 1.36. The van der Waals surface area contributed by atoms with E-state index >= 15 is 0 Å². The summed E-state index contributed by atoms with van der Waals surface area (Å²) in [6.07, 6.45) is 1.64. The number of nitrogens with one attached hydrogen (secondary N) is 3. The summed E-state index contributed by atoms with van der Waals surface area (Å²) < 4.78 is 0. The third-order valence-corrected chi connectivity index (χ3v) is 8.68. The number of carbonyl (C=O) groups excluding carboxylic acids is 3. The van der Waals surface area contributed by atoms with Crippen molar-refractivity contribution in [2.45, 2.75) is 10.1 Å². The number of halogens is 2. The molecule has 0 aliphatic carbocycles. The molecule has 0 saturated carbocycles. The van der Waals surface area contributed by atoms with Crippen LogP contribution in [0.2, 0.25) is 10.0 Å². The zero-order chi connectivity index (χ0) is 30.9. The zero-order valence-electron chi connectivity index (χ0n) is 23.0. The summed E-state index contributed by atoms with van der Waals surface area (Å²) in [5.41, 5.74) is 2.31. The molecular formula is C34H25Cl2N3O3S2. The van der Waals surface area contributed by atoms with Crippen LogP contribution in [-0.4, -0.2) is 17.7 Å². The van der Waals surface area contributed by atoms with Gasteiger partial charge in [-0.05, 0) is 71.6 Å². The monoisotopic (exact) mass is 657 g/mol. The van der Waals surface area contributed by atoms with Gasteiger partial charge in [-0.2, -0.15) is 0 Å². The van der Waals surface area contributed by atoms with Gasteiger partial charge in [0.15, 0.2) is 0 Å². The van der Waals surface area contributed by atoms with Crippen molar-refractivity contribution >= 4 is 81.5 Å². The first-order valence-electron chi connectivity index (χ1n) is 13.4. The van der Waals surface area contributed by atoms with Gasteiger partial charge in [-0.3, -0.25) is 14.4 Å². The molecule has 6 nitrogen and oxygen atoms in total. The first-order chi connectivity index (χ1) is 21.3.